The number of nitrogens with zero attached hydrogens (tertiary/aromatic N) is 2. The fraction of sp³-hybridized carbons (Fsp3) is 0.571. The first kappa shape index (κ1) is 20.0. The van der Waals surface area contributed by atoms with E-state index in [9.17, 15) is 0 Å². The summed E-state index contributed by atoms with van der Waals surface area (Å²) >= 11 is 6.73. The molecule has 0 spiro atoms. The molecule has 3 heterocycles. The van der Waals surface area contributed by atoms with Gasteiger partial charge in [0.1, 0.15) is 0 Å². The fourth-order valence-corrected chi connectivity index (χ4v) is 4.16. The highest BCUT2D eigenvalue weighted by Crippen LogP contribution is 2.38. The van der Waals surface area contributed by atoms with Gasteiger partial charge in [0.15, 0.2) is 6.23 Å². The lowest BCUT2D eigenvalue weighted by Crippen LogP contribution is -2.41. The molecule has 28 heavy (non-hydrogen) atoms. The third kappa shape index (κ3) is 3.20. The summed E-state index contributed by atoms with van der Waals surface area (Å²) in [6.07, 6.45) is 9.02. The highest BCUT2D eigenvalue weighted by molar-refractivity contribution is 6.66. The van der Waals surface area contributed by atoms with Gasteiger partial charge in [0.05, 0.1) is 22.9 Å². The molecule has 0 radical (unpaired) electrons. The monoisotopic (exact) mass is 402 g/mol. The molecule has 2 aliphatic heterocycles. The van der Waals surface area contributed by atoms with Crippen molar-refractivity contribution in [1.82, 2.24) is 9.78 Å². The van der Waals surface area contributed by atoms with Crippen LogP contribution in [0, 0.1) is 0 Å². The van der Waals surface area contributed by atoms with Crippen LogP contribution in [0.15, 0.2) is 18.3 Å². The molecule has 0 N–H and O–H groups in total. The van der Waals surface area contributed by atoms with Gasteiger partial charge in [-0.25, -0.2) is 4.68 Å². The van der Waals surface area contributed by atoms with Gasteiger partial charge in [-0.05, 0) is 65.5 Å². The maximum atomic E-state index is 6.73. The standard InChI is InChI=1S/C21H28BClN2O3/c1-6-9-14-16(23)12-17-15(13-24-25(17)18-10-7-8-11-26-18)19(14)22-27-20(2,3)21(4,5)28-22/h6,9,12-13,18H,7-8,10-11H2,1-5H3. The Bertz CT molecular complexity index is 900. The van der Waals surface area contributed by atoms with Crippen LogP contribution in [0.3, 0.4) is 0 Å². The van der Waals surface area contributed by atoms with Gasteiger partial charge in [-0.15, -0.1) is 0 Å². The van der Waals surface area contributed by atoms with Gasteiger partial charge in [0.25, 0.3) is 0 Å². The van der Waals surface area contributed by atoms with E-state index in [0.29, 0.717) is 5.02 Å². The molecule has 0 aliphatic carbocycles. The van der Waals surface area contributed by atoms with E-state index in [1.54, 1.807) is 0 Å². The van der Waals surface area contributed by atoms with Crippen LogP contribution < -0.4 is 5.46 Å². The molecule has 7 heteroatoms. The van der Waals surface area contributed by atoms with Crippen molar-refractivity contribution in [2.75, 3.05) is 6.61 Å². The van der Waals surface area contributed by atoms with Gasteiger partial charge in [0.2, 0.25) is 0 Å². The summed E-state index contributed by atoms with van der Waals surface area (Å²) in [5.41, 5.74) is 1.94. The number of allylic oxidation sites excluding steroid dienone is 1. The van der Waals surface area contributed by atoms with Gasteiger partial charge in [-0.2, -0.15) is 5.10 Å². The summed E-state index contributed by atoms with van der Waals surface area (Å²) in [6, 6.07) is 1.98. The predicted molar refractivity (Wildman–Crippen MR) is 114 cm³/mol. The van der Waals surface area contributed by atoms with E-state index >= 15 is 0 Å². The lowest BCUT2D eigenvalue weighted by molar-refractivity contribution is -0.0366. The van der Waals surface area contributed by atoms with Crippen LogP contribution >= 0.6 is 11.6 Å². The molecule has 1 unspecified atom stereocenters. The number of aromatic nitrogens is 2. The summed E-state index contributed by atoms with van der Waals surface area (Å²) in [7, 11) is -0.512. The Labute approximate surface area is 172 Å². The molecule has 1 aromatic carbocycles. The van der Waals surface area contributed by atoms with Crippen LogP contribution in [0.4, 0.5) is 0 Å². The molecule has 5 nitrogen and oxygen atoms in total. The molecule has 2 aliphatic rings. The number of hydrogen-bond acceptors (Lipinski definition) is 4. The molecule has 0 bridgehead atoms. The molecule has 2 aromatic rings. The molecule has 1 aromatic heterocycles. The minimum atomic E-state index is -0.512. The fourth-order valence-electron chi connectivity index (χ4n) is 3.89. The maximum absolute atomic E-state index is 6.73. The average Bonchev–Trinajstić information content (AvgIpc) is 3.14. The largest absolute Gasteiger partial charge is 0.496 e. The zero-order chi connectivity index (χ0) is 20.1. The molecule has 150 valence electrons. The van der Waals surface area contributed by atoms with Gasteiger partial charge in [-0.3, -0.25) is 0 Å². The zero-order valence-corrected chi connectivity index (χ0v) is 18.0. The Morgan fingerprint density at radius 2 is 1.93 bits per heavy atom. The molecule has 2 fully saturated rings. The molecular formula is C21H28BClN2O3. The van der Waals surface area contributed by atoms with Gasteiger partial charge in [-0.1, -0.05) is 23.8 Å². The Morgan fingerprint density at radius 3 is 2.54 bits per heavy atom. The third-order valence-corrected chi connectivity index (χ3v) is 6.50. The minimum absolute atomic E-state index is 0.0546. The SMILES string of the molecule is CC=Cc1c(Cl)cc2c(cnn2C2CCCCO2)c1B1OC(C)(C)C(C)(C)O1. The third-order valence-electron chi connectivity index (χ3n) is 6.19. The van der Waals surface area contributed by atoms with Crippen molar-refractivity contribution in [2.24, 2.45) is 0 Å². The van der Waals surface area contributed by atoms with Crippen LogP contribution in [-0.2, 0) is 14.0 Å². The molecule has 0 saturated carbocycles. The average molecular weight is 403 g/mol. The number of ether oxygens (including phenoxy) is 1. The normalized spacial score (nSPS) is 24.5. The Kier molecular flexibility index (Phi) is 5.11. The number of benzene rings is 1. The van der Waals surface area contributed by atoms with Crippen molar-refractivity contribution in [2.45, 2.75) is 71.3 Å². The van der Waals surface area contributed by atoms with Gasteiger partial charge < -0.3 is 14.0 Å². The van der Waals surface area contributed by atoms with Crippen LogP contribution in [0.2, 0.25) is 5.02 Å². The topological polar surface area (TPSA) is 45.5 Å². The molecular weight excluding hydrogens is 375 g/mol. The summed E-state index contributed by atoms with van der Waals surface area (Å²) in [5.74, 6) is 0. The molecule has 1 atom stereocenters. The van der Waals surface area contributed by atoms with E-state index < -0.39 is 18.3 Å². The van der Waals surface area contributed by atoms with Crippen molar-refractivity contribution >= 4 is 41.2 Å². The molecule has 2 saturated heterocycles. The lowest BCUT2D eigenvalue weighted by Gasteiger charge is -2.32. The Morgan fingerprint density at radius 1 is 1.21 bits per heavy atom. The van der Waals surface area contributed by atoms with Crippen LogP contribution in [0.5, 0.6) is 0 Å². The van der Waals surface area contributed by atoms with E-state index in [2.05, 4.69) is 32.8 Å². The Hall–Kier alpha value is -1.34. The van der Waals surface area contributed by atoms with E-state index in [0.717, 1.165) is 47.8 Å². The highest BCUT2D eigenvalue weighted by Gasteiger charge is 2.52. The smallest absolute Gasteiger partial charge is 0.399 e. The summed E-state index contributed by atoms with van der Waals surface area (Å²) < 4.78 is 20.7. The lowest BCUT2D eigenvalue weighted by atomic mass is 9.73. The number of fused-ring (bicyclic) bond motifs is 1. The number of halogens is 1. The van der Waals surface area contributed by atoms with Crippen LogP contribution in [-0.4, -0.2) is 34.7 Å². The first-order chi connectivity index (χ1) is 13.2. The zero-order valence-electron chi connectivity index (χ0n) is 17.3. The first-order valence-corrected chi connectivity index (χ1v) is 10.4. The second-order valence-electron chi connectivity index (χ2n) is 8.62. The Balaban J connectivity index is 1.88. The van der Waals surface area contributed by atoms with Crippen LogP contribution in [0.25, 0.3) is 17.0 Å². The van der Waals surface area contributed by atoms with Crippen molar-refractivity contribution in [3.05, 3.63) is 28.9 Å². The number of rotatable bonds is 3. The van der Waals surface area contributed by atoms with Gasteiger partial charge >= 0.3 is 7.12 Å². The van der Waals surface area contributed by atoms with Crippen molar-refractivity contribution in [3.63, 3.8) is 0 Å². The molecule has 4 rings (SSSR count). The highest BCUT2D eigenvalue weighted by atomic mass is 35.5. The minimum Gasteiger partial charge on any atom is -0.399 e. The second kappa shape index (κ2) is 7.17. The van der Waals surface area contributed by atoms with Crippen molar-refractivity contribution in [3.8, 4) is 0 Å². The van der Waals surface area contributed by atoms with Crippen molar-refractivity contribution < 1.29 is 14.0 Å². The summed E-state index contributed by atoms with van der Waals surface area (Å²) in [4.78, 5) is 0. The van der Waals surface area contributed by atoms with E-state index in [1.165, 1.54) is 0 Å². The maximum Gasteiger partial charge on any atom is 0.496 e. The second-order valence-corrected chi connectivity index (χ2v) is 9.02. The van der Waals surface area contributed by atoms with E-state index in [1.807, 2.05) is 36.0 Å². The quantitative estimate of drug-likeness (QED) is 0.697. The summed E-state index contributed by atoms with van der Waals surface area (Å²) in [5, 5.41) is 6.31. The predicted octanol–water partition coefficient (Wildman–Crippen LogP) is 4.72. The van der Waals surface area contributed by atoms with E-state index in [-0.39, 0.29) is 6.23 Å². The number of hydrogen-bond donors (Lipinski definition) is 0. The van der Waals surface area contributed by atoms with Crippen LogP contribution in [0.1, 0.15) is 65.7 Å². The molecule has 0 amide bonds. The van der Waals surface area contributed by atoms with Crippen molar-refractivity contribution in [1.29, 1.82) is 0 Å². The summed E-state index contributed by atoms with van der Waals surface area (Å²) in [6.45, 7) is 11.0. The van der Waals surface area contributed by atoms with E-state index in [4.69, 9.17) is 25.6 Å². The van der Waals surface area contributed by atoms with Gasteiger partial charge in [0, 0.05) is 22.5 Å². The first-order valence-electron chi connectivity index (χ1n) is 10.0.